The maximum Gasteiger partial charge on any atom is 0.164 e. The van der Waals surface area contributed by atoms with Crippen LogP contribution in [0.15, 0.2) is 30.3 Å². The fourth-order valence-corrected chi connectivity index (χ4v) is 5.28. The Balaban J connectivity index is 1.71. The van der Waals surface area contributed by atoms with Gasteiger partial charge in [0, 0.05) is 35.7 Å². The van der Waals surface area contributed by atoms with Gasteiger partial charge in [-0.15, -0.1) is 0 Å². The molecule has 0 N–H and O–H groups in total. The lowest BCUT2D eigenvalue weighted by atomic mass is 9.73. The van der Waals surface area contributed by atoms with Gasteiger partial charge in [0.05, 0.1) is 21.3 Å². The third kappa shape index (κ3) is 3.12. The quantitative estimate of drug-likeness (QED) is 0.777. The van der Waals surface area contributed by atoms with Gasteiger partial charge in [0.1, 0.15) is 11.6 Å². The van der Waals surface area contributed by atoms with Gasteiger partial charge in [-0.25, -0.2) is 4.39 Å². The number of hydrogen-bond acceptors (Lipinski definition) is 4. The van der Waals surface area contributed by atoms with Crippen LogP contribution in [0.2, 0.25) is 0 Å². The lowest BCUT2D eigenvalue weighted by Gasteiger charge is -2.33. The van der Waals surface area contributed by atoms with E-state index in [0.29, 0.717) is 17.9 Å². The van der Waals surface area contributed by atoms with Crippen LogP contribution < -0.4 is 14.2 Å². The molecule has 2 aromatic carbocycles. The van der Waals surface area contributed by atoms with Crippen LogP contribution in [-0.4, -0.2) is 45.9 Å². The second kappa shape index (κ2) is 7.63. The molecule has 0 saturated carbocycles. The van der Waals surface area contributed by atoms with Crippen LogP contribution in [0.4, 0.5) is 4.39 Å². The number of ether oxygens (including phenoxy) is 3. The van der Waals surface area contributed by atoms with Crippen LogP contribution in [0.1, 0.15) is 29.0 Å². The van der Waals surface area contributed by atoms with Gasteiger partial charge in [0.25, 0.3) is 0 Å². The first-order valence-corrected chi connectivity index (χ1v) is 9.83. The summed E-state index contributed by atoms with van der Waals surface area (Å²) in [5, 5.41) is 0. The molecule has 0 bridgehead atoms. The predicted molar refractivity (Wildman–Crippen MR) is 107 cm³/mol. The van der Waals surface area contributed by atoms with Crippen LogP contribution >= 0.6 is 0 Å². The molecule has 0 spiro atoms. The highest BCUT2D eigenvalue weighted by molar-refractivity contribution is 5.60. The van der Waals surface area contributed by atoms with Crippen LogP contribution in [0.5, 0.6) is 17.2 Å². The first-order chi connectivity index (χ1) is 13.6. The zero-order chi connectivity index (χ0) is 19.8. The molecule has 0 radical (unpaired) electrons. The summed E-state index contributed by atoms with van der Waals surface area (Å²) in [6.45, 7) is 0.962. The second-order valence-electron chi connectivity index (χ2n) is 7.86. The van der Waals surface area contributed by atoms with E-state index in [-0.39, 0.29) is 5.82 Å². The van der Waals surface area contributed by atoms with E-state index in [0.717, 1.165) is 48.6 Å². The monoisotopic (exact) mass is 385 g/mol. The molecule has 5 heteroatoms. The molecule has 4 rings (SSSR count). The topological polar surface area (TPSA) is 30.9 Å². The zero-order valence-corrected chi connectivity index (χ0v) is 17.0. The minimum Gasteiger partial charge on any atom is -0.496 e. The summed E-state index contributed by atoms with van der Waals surface area (Å²) in [6.07, 6.45) is 2.87. The molecule has 4 nitrogen and oxygen atoms in total. The first-order valence-electron chi connectivity index (χ1n) is 9.83. The van der Waals surface area contributed by atoms with Gasteiger partial charge in [-0.1, -0.05) is 12.1 Å². The Morgan fingerprint density at radius 1 is 1.07 bits per heavy atom. The average molecular weight is 385 g/mol. The Morgan fingerprint density at radius 2 is 1.86 bits per heavy atom. The van der Waals surface area contributed by atoms with Gasteiger partial charge in [0.2, 0.25) is 0 Å². The highest BCUT2D eigenvalue weighted by atomic mass is 19.1. The molecule has 150 valence electrons. The van der Waals surface area contributed by atoms with Crippen LogP contribution in [0, 0.1) is 11.7 Å². The Morgan fingerprint density at radius 3 is 2.54 bits per heavy atom. The third-order valence-electron chi connectivity index (χ3n) is 6.49. The largest absolute Gasteiger partial charge is 0.496 e. The van der Waals surface area contributed by atoms with E-state index in [4.69, 9.17) is 14.2 Å². The Labute approximate surface area is 166 Å². The van der Waals surface area contributed by atoms with E-state index >= 15 is 0 Å². The second-order valence-corrected chi connectivity index (χ2v) is 7.86. The Kier molecular flexibility index (Phi) is 5.19. The van der Waals surface area contributed by atoms with Crippen molar-refractivity contribution in [3.8, 4) is 17.2 Å². The molecule has 1 aliphatic carbocycles. The molecule has 28 heavy (non-hydrogen) atoms. The van der Waals surface area contributed by atoms with E-state index in [1.807, 2.05) is 12.1 Å². The highest BCUT2D eigenvalue weighted by Crippen LogP contribution is 2.53. The Bertz CT molecular complexity index is 869. The van der Waals surface area contributed by atoms with Crippen molar-refractivity contribution in [2.45, 2.75) is 31.2 Å². The van der Waals surface area contributed by atoms with Gasteiger partial charge >= 0.3 is 0 Å². The van der Waals surface area contributed by atoms with Crippen LogP contribution in [0.3, 0.4) is 0 Å². The normalized spacial score (nSPS) is 23.8. The summed E-state index contributed by atoms with van der Waals surface area (Å²) in [6, 6.07) is 9.32. The van der Waals surface area contributed by atoms with Gasteiger partial charge in [-0.2, -0.15) is 0 Å². The number of hydrogen-bond donors (Lipinski definition) is 0. The fraction of sp³-hybridized carbons (Fsp3) is 0.478. The molecule has 0 amide bonds. The van der Waals surface area contributed by atoms with Crippen molar-refractivity contribution in [1.82, 2.24) is 4.90 Å². The highest BCUT2D eigenvalue weighted by Gasteiger charge is 2.45. The number of rotatable bonds is 5. The van der Waals surface area contributed by atoms with E-state index in [2.05, 4.69) is 11.9 Å². The molecular formula is C23H28FNO3. The number of fused-ring (bicyclic) bond motifs is 3. The zero-order valence-electron chi connectivity index (χ0n) is 17.0. The van der Waals surface area contributed by atoms with E-state index in [1.54, 1.807) is 33.5 Å². The molecule has 0 aromatic heterocycles. The fourth-order valence-electron chi connectivity index (χ4n) is 5.28. The summed E-state index contributed by atoms with van der Waals surface area (Å²) in [5.41, 5.74) is 3.52. The van der Waals surface area contributed by atoms with Crippen molar-refractivity contribution >= 4 is 0 Å². The van der Waals surface area contributed by atoms with Gasteiger partial charge < -0.3 is 19.1 Å². The van der Waals surface area contributed by atoms with Crippen molar-refractivity contribution < 1.29 is 18.6 Å². The number of likely N-dealkylation sites (N-methyl/N-ethyl adjacent to an activating group) is 1. The maximum absolute atomic E-state index is 13.7. The summed E-state index contributed by atoms with van der Waals surface area (Å²) in [4.78, 5) is 2.42. The minimum absolute atomic E-state index is 0.165. The van der Waals surface area contributed by atoms with Crippen LogP contribution in [0.25, 0.3) is 0 Å². The lowest BCUT2D eigenvalue weighted by molar-refractivity contribution is 0.257. The molecule has 1 saturated heterocycles. The lowest BCUT2D eigenvalue weighted by Crippen LogP contribution is -2.32. The molecule has 1 heterocycles. The predicted octanol–water partition coefficient (Wildman–Crippen LogP) is 4.05. The summed E-state index contributed by atoms with van der Waals surface area (Å²) < 4.78 is 30.7. The third-order valence-corrected chi connectivity index (χ3v) is 6.49. The molecule has 1 fully saturated rings. The summed E-state index contributed by atoms with van der Waals surface area (Å²) in [7, 11) is 7.25. The molecule has 3 unspecified atom stereocenters. The number of likely N-dealkylation sites (tertiary alicyclic amines) is 1. The molecule has 2 aliphatic rings. The van der Waals surface area contributed by atoms with Crippen molar-refractivity contribution in [2.24, 2.45) is 5.92 Å². The van der Waals surface area contributed by atoms with Gasteiger partial charge in [-0.3, -0.25) is 0 Å². The smallest absolute Gasteiger partial charge is 0.164 e. The number of methoxy groups -OCH3 is 3. The summed E-state index contributed by atoms with van der Waals surface area (Å²) >= 11 is 0. The number of halogens is 1. The minimum atomic E-state index is -0.165. The first kappa shape index (κ1) is 19.1. The van der Waals surface area contributed by atoms with Crippen molar-refractivity contribution in [1.29, 1.82) is 0 Å². The molecular weight excluding hydrogens is 357 g/mol. The van der Waals surface area contributed by atoms with E-state index in [9.17, 15) is 4.39 Å². The molecule has 3 atom stereocenters. The average Bonchev–Trinajstić information content (AvgIpc) is 3.01. The van der Waals surface area contributed by atoms with Crippen molar-refractivity contribution in [3.05, 3.63) is 52.8 Å². The maximum atomic E-state index is 13.7. The standard InChI is InChI=1S/C23H28FNO3/c1-25-13-18-16(19(25)11-14-6-5-7-15(24)10-14)8-9-17-22(18)20(26-2)12-21(27-3)23(17)28-4/h5-7,10,12,16,18-19H,8-9,11,13H2,1-4H3. The van der Waals surface area contributed by atoms with E-state index < -0.39 is 0 Å². The SMILES string of the molecule is COc1cc(OC)c2c(c1OC)CCC1C2CN(C)C1Cc1cccc(F)c1. The van der Waals surface area contributed by atoms with Crippen molar-refractivity contribution in [3.63, 3.8) is 0 Å². The Hall–Kier alpha value is -2.27. The van der Waals surface area contributed by atoms with Gasteiger partial charge in [-0.05, 0) is 49.9 Å². The van der Waals surface area contributed by atoms with E-state index in [1.165, 1.54) is 17.2 Å². The molecule has 1 aliphatic heterocycles. The number of nitrogens with zero attached hydrogens (tertiary/aromatic N) is 1. The van der Waals surface area contributed by atoms with Gasteiger partial charge in [0.15, 0.2) is 11.5 Å². The van der Waals surface area contributed by atoms with Crippen LogP contribution in [-0.2, 0) is 12.8 Å². The number of benzene rings is 2. The van der Waals surface area contributed by atoms with Crippen molar-refractivity contribution in [2.75, 3.05) is 34.9 Å². The molecule has 2 aromatic rings. The summed E-state index contributed by atoms with van der Waals surface area (Å²) in [5.74, 6) is 3.14.